The zero-order chi connectivity index (χ0) is 17.1. The van der Waals surface area contributed by atoms with Gasteiger partial charge in [0.2, 0.25) is 0 Å². The summed E-state index contributed by atoms with van der Waals surface area (Å²) in [7, 11) is 0. The fourth-order valence-corrected chi connectivity index (χ4v) is 3.83. The average molecular weight is 346 g/mol. The summed E-state index contributed by atoms with van der Waals surface area (Å²) in [5, 5.41) is 10.7. The monoisotopic (exact) mass is 346 g/mol. The van der Waals surface area contributed by atoms with Crippen LogP contribution in [-0.2, 0) is 33.2 Å². The van der Waals surface area contributed by atoms with Crippen LogP contribution in [0.25, 0.3) is 0 Å². The Labute approximate surface area is 141 Å². The van der Waals surface area contributed by atoms with Crippen LogP contribution in [0.4, 0.5) is 0 Å². The van der Waals surface area contributed by atoms with Gasteiger partial charge in [-0.3, -0.25) is 0 Å². The largest absolute Gasteiger partial charge is 0.390 e. The molecule has 0 bridgehead atoms. The SMILES string of the molecule is CC1(C)O[C@@H]2[C@H](O1)[C@H]1OC(C)(C)O[C@H]1O[C@@H]2[C@H](O)CC1OCCO1. The van der Waals surface area contributed by atoms with E-state index in [1.165, 1.54) is 0 Å². The lowest BCUT2D eigenvalue weighted by Crippen LogP contribution is -2.58. The summed E-state index contributed by atoms with van der Waals surface area (Å²) in [6.07, 6.45) is -3.37. The molecule has 8 heteroatoms. The molecule has 4 aliphatic heterocycles. The van der Waals surface area contributed by atoms with Crippen molar-refractivity contribution in [2.45, 2.75) is 88.8 Å². The molecule has 1 N–H and O–H groups in total. The molecule has 0 aromatic rings. The lowest BCUT2D eigenvalue weighted by Gasteiger charge is -2.39. The second-order valence-electron chi connectivity index (χ2n) is 7.61. The molecule has 0 aromatic heterocycles. The number of hydrogen-bond acceptors (Lipinski definition) is 8. The summed E-state index contributed by atoms with van der Waals surface area (Å²) >= 11 is 0. The Morgan fingerprint density at radius 2 is 1.46 bits per heavy atom. The molecule has 138 valence electrons. The lowest BCUT2D eigenvalue weighted by molar-refractivity contribution is -0.257. The van der Waals surface area contributed by atoms with Crippen molar-refractivity contribution < 1.29 is 38.3 Å². The van der Waals surface area contributed by atoms with Gasteiger partial charge >= 0.3 is 0 Å². The van der Waals surface area contributed by atoms with E-state index in [2.05, 4.69) is 0 Å². The van der Waals surface area contributed by atoms with Crippen LogP contribution >= 0.6 is 0 Å². The molecular weight excluding hydrogens is 320 g/mol. The molecule has 24 heavy (non-hydrogen) atoms. The topological polar surface area (TPSA) is 84.8 Å². The predicted octanol–water partition coefficient (Wildman–Crippen LogP) is 0.507. The van der Waals surface area contributed by atoms with Crippen LogP contribution in [0.15, 0.2) is 0 Å². The van der Waals surface area contributed by atoms with Crippen molar-refractivity contribution >= 4 is 0 Å². The minimum absolute atomic E-state index is 0.305. The van der Waals surface area contributed by atoms with Crippen LogP contribution in [0.5, 0.6) is 0 Å². The van der Waals surface area contributed by atoms with Crippen molar-refractivity contribution in [2.75, 3.05) is 13.2 Å². The molecular formula is C16H26O8. The molecule has 0 saturated carbocycles. The molecule has 0 radical (unpaired) electrons. The zero-order valence-electron chi connectivity index (χ0n) is 14.5. The third kappa shape index (κ3) is 3.10. The molecule has 4 saturated heterocycles. The third-order valence-corrected chi connectivity index (χ3v) is 4.69. The van der Waals surface area contributed by atoms with E-state index in [-0.39, 0.29) is 6.10 Å². The second kappa shape index (κ2) is 5.85. The number of aliphatic hydroxyl groups excluding tert-OH is 1. The van der Waals surface area contributed by atoms with Gasteiger partial charge in [0.1, 0.15) is 24.4 Å². The van der Waals surface area contributed by atoms with E-state index in [0.717, 1.165) is 0 Å². The van der Waals surface area contributed by atoms with Crippen molar-refractivity contribution in [1.82, 2.24) is 0 Å². The first kappa shape index (κ1) is 17.1. The Morgan fingerprint density at radius 3 is 2.17 bits per heavy atom. The van der Waals surface area contributed by atoms with Gasteiger partial charge in [0.05, 0.1) is 19.3 Å². The molecule has 4 rings (SSSR count). The molecule has 8 nitrogen and oxygen atoms in total. The van der Waals surface area contributed by atoms with Crippen molar-refractivity contribution in [1.29, 1.82) is 0 Å². The maximum atomic E-state index is 10.7. The fourth-order valence-electron chi connectivity index (χ4n) is 3.83. The molecule has 4 fully saturated rings. The molecule has 0 aromatic carbocycles. The average Bonchev–Trinajstić information content (AvgIpc) is 3.13. The van der Waals surface area contributed by atoms with E-state index in [4.69, 9.17) is 33.2 Å². The van der Waals surface area contributed by atoms with Crippen LogP contribution in [0.2, 0.25) is 0 Å². The lowest BCUT2D eigenvalue weighted by atomic mass is 9.94. The van der Waals surface area contributed by atoms with Gasteiger partial charge in [0.15, 0.2) is 24.2 Å². The molecule has 0 unspecified atom stereocenters. The smallest absolute Gasteiger partial charge is 0.190 e. The normalized spacial score (nSPS) is 45.1. The third-order valence-electron chi connectivity index (χ3n) is 4.69. The summed E-state index contributed by atoms with van der Waals surface area (Å²) < 4.78 is 40.6. The van der Waals surface area contributed by atoms with Crippen molar-refractivity contribution in [3.8, 4) is 0 Å². The second-order valence-corrected chi connectivity index (χ2v) is 7.61. The fraction of sp³-hybridized carbons (Fsp3) is 1.00. The van der Waals surface area contributed by atoms with E-state index in [0.29, 0.717) is 19.6 Å². The number of fused-ring (bicyclic) bond motifs is 3. The van der Waals surface area contributed by atoms with Crippen LogP contribution in [-0.4, -0.2) is 73.0 Å². The molecule has 0 spiro atoms. The first-order valence-corrected chi connectivity index (χ1v) is 8.52. The highest BCUT2D eigenvalue weighted by Gasteiger charge is 2.61. The highest BCUT2D eigenvalue weighted by atomic mass is 16.9. The summed E-state index contributed by atoms with van der Waals surface area (Å²) in [6.45, 7) is 8.42. The minimum Gasteiger partial charge on any atom is -0.390 e. The van der Waals surface area contributed by atoms with Crippen molar-refractivity contribution in [2.24, 2.45) is 0 Å². The predicted molar refractivity (Wildman–Crippen MR) is 78.8 cm³/mol. The molecule has 0 aliphatic carbocycles. The minimum atomic E-state index is -0.827. The Balaban J connectivity index is 1.53. The van der Waals surface area contributed by atoms with Gasteiger partial charge in [0.25, 0.3) is 0 Å². The highest BCUT2D eigenvalue weighted by molar-refractivity contribution is 5.02. The van der Waals surface area contributed by atoms with Gasteiger partial charge in [-0.1, -0.05) is 0 Å². The van der Waals surface area contributed by atoms with Crippen LogP contribution in [0.1, 0.15) is 34.1 Å². The van der Waals surface area contributed by atoms with Crippen molar-refractivity contribution in [3.05, 3.63) is 0 Å². The van der Waals surface area contributed by atoms with Crippen LogP contribution in [0.3, 0.4) is 0 Å². The summed E-state index contributed by atoms with van der Waals surface area (Å²) in [5.74, 6) is -1.55. The molecule has 0 amide bonds. The summed E-state index contributed by atoms with van der Waals surface area (Å²) in [4.78, 5) is 0. The molecule has 4 heterocycles. The Bertz CT molecular complexity index is 475. The number of ether oxygens (including phenoxy) is 7. The van der Waals surface area contributed by atoms with Crippen LogP contribution < -0.4 is 0 Å². The van der Waals surface area contributed by atoms with E-state index < -0.39 is 48.6 Å². The van der Waals surface area contributed by atoms with Gasteiger partial charge in [0, 0.05) is 6.42 Å². The number of aliphatic hydroxyl groups is 1. The Morgan fingerprint density at radius 1 is 0.875 bits per heavy atom. The van der Waals surface area contributed by atoms with E-state index in [9.17, 15) is 5.11 Å². The van der Waals surface area contributed by atoms with E-state index in [1.807, 2.05) is 27.7 Å². The van der Waals surface area contributed by atoms with Crippen molar-refractivity contribution in [3.63, 3.8) is 0 Å². The van der Waals surface area contributed by atoms with E-state index >= 15 is 0 Å². The van der Waals surface area contributed by atoms with Crippen LogP contribution in [0, 0.1) is 0 Å². The van der Waals surface area contributed by atoms with E-state index in [1.54, 1.807) is 0 Å². The zero-order valence-corrected chi connectivity index (χ0v) is 14.5. The number of hydrogen-bond donors (Lipinski definition) is 1. The van der Waals surface area contributed by atoms with Gasteiger partial charge < -0.3 is 38.3 Å². The Kier molecular flexibility index (Phi) is 4.17. The molecule has 6 atom stereocenters. The quantitative estimate of drug-likeness (QED) is 0.791. The summed E-state index contributed by atoms with van der Waals surface area (Å²) in [6, 6.07) is 0. The molecule has 4 aliphatic rings. The summed E-state index contributed by atoms with van der Waals surface area (Å²) in [5.41, 5.74) is 0. The number of rotatable bonds is 3. The van der Waals surface area contributed by atoms with Gasteiger partial charge in [-0.15, -0.1) is 0 Å². The standard InChI is InChI=1S/C16H26O8/c1-15(2)21-11-10(8(17)7-9-18-5-6-19-9)20-14-13(12(11)22-15)23-16(3,4)24-14/h8-14,17H,5-7H2,1-4H3/t8-,10-,11+,12+,13-,14-/m1/s1. The van der Waals surface area contributed by atoms with Gasteiger partial charge in [-0.2, -0.15) is 0 Å². The maximum absolute atomic E-state index is 10.7. The van der Waals surface area contributed by atoms with Gasteiger partial charge in [-0.05, 0) is 27.7 Å². The van der Waals surface area contributed by atoms with Gasteiger partial charge in [-0.25, -0.2) is 0 Å². The highest BCUT2D eigenvalue weighted by Crippen LogP contribution is 2.45. The first-order chi connectivity index (χ1) is 11.2. The maximum Gasteiger partial charge on any atom is 0.190 e. The first-order valence-electron chi connectivity index (χ1n) is 8.52. The Hall–Kier alpha value is -0.320.